The average molecular weight is 238 g/mol. The molecule has 2 saturated carbocycles. The number of nitrogens with one attached hydrogen (secondary N) is 1. The SMILES string of the molecule is S=C(NC1CC2CCC1C2)N1CCCCC1. The molecule has 0 spiro atoms. The number of thiocarbonyl (C=S) groups is 1. The molecule has 0 aromatic heterocycles. The lowest BCUT2D eigenvalue weighted by Crippen LogP contribution is -2.48. The van der Waals surface area contributed by atoms with Crippen molar-refractivity contribution in [3.8, 4) is 0 Å². The van der Waals surface area contributed by atoms with Crippen LogP contribution >= 0.6 is 12.2 Å². The number of fused-ring (bicyclic) bond motifs is 2. The van der Waals surface area contributed by atoms with Crippen molar-refractivity contribution < 1.29 is 0 Å². The van der Waals surface area contributed by atoms with Crippen molar-refractivity contribution in [2.45, 2.75) is 51.0 Å². The van der Waals surface area contributed by atoms with Gasteiger partial charge in [0.15, 0.2) is 5.11 Å². The van der Waals surface area contributed by atoms with E-state index in [1.165, 1.54) is 58.0 Å². The van der Waals surface area contributed by atoms with E-state index in [1.54, 1.807) is 0 Å². The zero-order chi connectivity index (χ0) is 11.0. The van der Waals surface area contributed by atoms with Crippen molar-refractivity contribution in [1.82, 2.24) is 10.2 Å². The van der Waals surface area contributed by atoms with Gasteiger partial charge in [-0.2, -0.15) is 0 Å². The molecule has 0 radical (unpaired) electrons. The molecule has 2 bridgehead atoms. The number of rotatable bonds is 1. The fraction of sp³-hybridized carbons (Fsp3) is 0.923. The molecule has 2 aliphatic carbocycles. The topological polar surface area (TPSA) is 15.3 Å². The predicted molar refractivity (Wildman–Crippen MR) is 70.4 cm³/mol. The summed E-state index contributed by atoms with van der Waals surface area (Å²) >= 11 is 5.54. The van der Waals surface area contributed by atoms with Crippen molar-refractivity contribution >= 4 is 17.3 Å². The molecule has 3 fully saturated rings. The first-order valence-corrected chi connectivity index (χ1v) is 7.29. The monoisotopic (exact) mass is 238 g/mol. The number of hydrogen-bond acceptors (Lipinski definition) is 1. The van der Waals surface area contributed by atoms with Crippen LogP contribution in [0.3, 0.4) is 0 Å². The highest BCUT2D eigenvalue weighted by Crippen LogP contribution is 2.44. The number of likely N-dealkylation sites (tertiary alicyclic amines) is 1. The van der Waals surface area contributed by atoms with Gasteiger partial charge in [0.2, 0.25) is 0 Å². The molecule has 2 nitrogen and oxygen atoms in total. The summed E-state index contributed by atoms with van der Waals surface area (Å²) in [5.74, 6) is 1.93. The maximum Gasteiger partial charge on any atom is 0.169 e. The van der Waals surface area contributed by atoms with Gasteiger partial charge in [-0.05, 0) is 62.6 Å². The standard InChI is InChI=1S/C13H22N2S/c16-13(15-6-2-1-3-7-15)14-12-9-10-4-5-11(12)8-10/h10-12H,1-9H2,(H,14,16). The summed E-state index contributed by atoms with van der Waals surface area (Å²) in [5.41, 5.74) is 0. The zero-order valence-corrected chi connectivity index (χ0v) is 10.8. The molecule has 3 unspecified atom stereocenters. The van der Waals surface area contributed by atoms with Crippen LogP contribution in [0.25, 0.3) is 0 Å². The number of hydrogen-bond donors (Lipinski definition) is 1. The second kappa shape index (κ2) is 4.52. The molecule has 3 atom stereocenters. The fourth-order valence-corrected chi connectivity index (χ4v) is 4.10. The van der Waals surface area contributed by atoms with Crippen LogP contribution in [0.1, 0.15) is 44.9 Å². The minimum Gasteiger partial charge on any atom is -0.360 e. The summed E-state index contributed by atoms with van der Waals surface area (Å²) in [5, 5.41) is 4.68. The molecule has 3 heteroatoms. The normalized spacial score (nSPS) is 37.8. The Morgan fingerprint density at radius 1 is 1.06 bits per heavy atom. The molecular formula is C13H22N2S. The Labute approximate surface area is 104 Å². The quantitative estimate of drug-likeness (QED) is 0.707. The molecule has 16 heavy (non-hydrogen) atoms. The van der Waals surface area contributed by atoms with E-state index in [0.717, 1.165) is 16.9 Å². The first-order valence-electron chi connectivity index (χ1n) is 6.88. The van der Waals surface area contributed by atoms with Crippen LogP contribution in [-0.2, 0) is 0 Å². The summed E-state index contributed by atoms with van der Waals surface area (Å²) in [6.45, 7) is 2.35. The molecule has 1 N–H and O–H groups in total. The van der Waals surface area contributed by atoms with E-state index >= 15 is 0 Å². The van der Waals surface area contributed by atoms with E-state index < -0.39 is 0 Å². The van der Waals surface area contributed by atoms with Crippen LogP contribution in [0.4, 0.5) is 0 Å². The second-order valence-electron chi connectivity index (χ2n) is 5.78. The van der Waals surface area contributed by atoms with Crippen LogP contribution in [0.2, 0.25) is 0 Å². The maximum atomic E-state index is 5.54. The van der Waals surface area contributed by atoms with Gasteiger partial charge in [-0.15, -0.1) is 0 Å². The van der Waals surface area contributed by atoms with Crippen LogP contribution in [0.15, 0.2) is 0 Å². The summed E-state index contributed by atoms with van der Waals surface area (Å²) in [4.78, 5) is 2.38. The van der Waals surface area contributed by atoms with Gasteiger partial charge in [-0.3, -0.25) is 0 Å². The smallest absolute Gasteiger partial charge is 0.169 e. The molecule has 3 aliphatic rings. The lowest BCUT2D eigenvalue weighted by molar-refractivity contribution is 0.319. The number of nitrogens with zero attached hydrogens (tertiary/aromatic N) is 1. The summed E-state index contributed by atoms with van der Waals surface area (Å²) < 4.78 is 0. The zero-order valence-electron chi connectivity index (χ0n) is 9.95. The minimum atomic E-state index is 0.702. The van der Waals surface area contributed by atoms with Crippen molar-refractivity contribution in [3.05, 3.63) is 0 Å². The lowest BCUT2D eigenvalue weighted by Gasteiger charge is -2.33. The van der Waals surface area contributed by atoms with Gasteiger partial charge >= 0.3 is 0 Å². The van der Waals surface area contributed by atoms with Gasteiger partial charge in [0.05, 0.1) is 0 Å². The van der Waals surface area contributed by atoms with E-state index in [9.17, 15) is 0 Å². The Kier molecular flexibility index (Phi) is 3.05. The van der Waals surface area contributed by atoms with Crippen molar-refractivity contribution in [3.63, 3.8) is 0 Å². The van der Waals surface area contributed by atoms with Crippen LogP contribution in [0, 0.1) is 11.8 Å². The summed E-state index contributed by atoms with van der Waals surface area (Å²) in [6, 6.07) is 0.702. The van der Waals surface area contributed by atoms with Crippen LogP contribution in [-0.4, -0.2) is 29.1 Å². The van der Waals surface area contributed by atoms with Gasteiger partial charge < -0.3 is 10.2 Å². The van der Waals surface area contributed by atoms with Crippen molar-refractivity contribution in [2.24, 2.45) is 11.8 Å². The molecule has 0 aromatic rings. The Morgan fingerprint density at radius 2 is 1.88 bits per heavy atom. The average Bonchev–Trinajstić information content (AvgIpc) is 2.92. The maximum absolute atomic E-state index is 5.54. The van der Waals surface area contributed by atoms with Gasteiger partial charge in [0.25, 0.3) is 0 Å². The molecule has 0 amide bonds. The predicted octanol–water partition coefficient (Wildman–Crippen LogP) is 2.54. The highest BCUT2D eigenvalue weighted by molar-refractivity contribution is 7.80. The summed E-state index contributed by atoms with van der Waals surface area (Å²) in [6.07, 6.45) is 9.76. The van der Waals surface area contributed by atoms with Crippen molar-refractivity contribution in [2.75, 3.05) is 13.1 Å². The first kappa shape index (κ1) is 10.8. The van der Waals surface area contributed by atoms with Gasteiger partial charge in [0.1, 0.15) is 0 Å². The third kappa shape index (κ3) is 2.06. The van der Waals surface area contributed by atoms with E-state index in [0.29, 0.717) is 6.04 Å². The fourth-order valence-electron chi connectivity index (χ4n) is 3.77. The highest BCUT2D eigenvalue weighted by Gasteiger charge is 2.40. The minimum absolute atomic E-state index is 0.702. The first-order chi connectivity index (χ1) is 7.83. The third-order valence-electron chi connectivity index (χ3n) is 4.69. The van der Waals surface area contributed by atoms with Crippen LogP contribution < -0.4 is 5.32 Å². The molecule has 1 heterocycles. The highest BCUT2D eigenvalue weighted by atomic mass is 32.1. The Morgan fingerprint density at radius 3 is 2.50 bits per heavy atom. The Balaban J connectivity index is 1.52. The van der Waals surface area contributed by atoms with E-state index in [-0.39, 0.29) is 0 Å². The molecule has 1 saturated heterocycles. The largest absolute Gasteiger partial charge is 0.360 e. The molecule has 90 valence electrons. The Hall–Kier alpha value is -0.310. The molecule has 3 rings (SSSR count). The van der Waals surface area contributed by atoms with Crippen LogP contribution in [0.5, 0.6) is 0 Å². The molecular weight excluding hydrogens is 216 g/mol. The van der Waals surface area contributed by atoms with Crippen molar-refractivity contribution in [1.29, 1.82) is 0 Å². The lowest BCUT2D eigenvalue weighted by atomic mass is 9.95. The molecule has 1 aliphatic heterocycles. The number of piperidine rings is 1. The van der Waals surface area contributed by atoms with E-state index in [4.69, 9.17) is 12.2 Å². The van der Waals surface area contributed by atoms with E-state index in [2.05, 4.69) is 10.2 Å². The Bertz CT molecular complexity index is 273. The van der Waals surface area contributed by atoms with E-state index in [1.807, 2.05) is 0 Å². The summed E-state index contributed by atoms with van der Waals surface area (Å²) in [7, 11) is 0. The second-order valence-corrected chi connectivity index (χ2v) is 6.17. The van der Waals surface area contributed by atoms with Gasteiger partial charge in [0, 0.05) is 19.1 Å². The van der Waals surface area contributed by atoms with Gasteiger partial charge in [-0.25, -0.2) is 0 Å². The van der Waals surface area contributed by atoms with Gasteiger partial charge in [-0.1, -0.05) is 6.42 Å². The molecule has 0 aromatic carbocycles. The third-order valence-corrected chi connectivity index (χ3v) is 5.07.